The SMILES string of the molecule is CC(Br)C(=O)Nc1cn(Cc2ccc(F)cc2F)c(C(F)(F)F)n1. The summed E-state index contributed by atoms with van der Waals surface area (Å²) in [6.45, 7) is 0.971. The molecule has 0 fully saturated rings. The summed E-state index contributed by atoms with van der Waals surface area (Å²) < 4.78 is 66.4. The molecular weight excluding hydrogens is 401 g/mol. The van der Waals surface area contributed by atoms with E-state index in [0.717, 1.165) is 18.3 Å². The van der Waals surface area contributed by atoms with Crippen LogP contribution in [0.15, 0.2) is 24.4 Å². The zero-order valence-corrected chi connectivity index (χ0v) is 13.8. The minimum absolute atomic E-state index is 0.147. The Morgan fingerprint density at radius 3 is 2.58 bits per heavy atom. The number of amides is 1. The number of anilines is 1. The van der Waals surface area contributed by atoms with Gasteiger partial charge in [0.2, 0.25) is 11.7 Å². The average molecular weight is 412 g/mol. The number of alkyl halides is 4. The van der Waals surface area contributed by atoms with Gasteiger partial charge in [0.05, 0.1) is 11.4 Å². The molecule has 2 rings (SSSR count). The van der Waals surface area contributed by atoms with Crippen molar-refractivity contribution in [2.45, 2.75) is 24.5 Å². The first kappa shape index (κ1) is 18.4. The van der Waals surface area contributed by atoms with E-state index in [1.54, 1.807) is 0 Å². The van der Waals surface area contributed by atoms with Crippen LogP contribution in [0.2, 0.25) is 0 Å². The van der Waals surface area contributed by atoms with Crippen LogP contribution in [0.5, 0.6) is 0 Å². The molecule has 24 heavy (non-hydrogen) atoms. The van der Waals surface area contributed by atoms with Crippen LogP contribution in [0, 0.1) is 11.6 Å². The van der Waals surface area contributed by atoms with Crippen LogP contribution >= 0.6 is 15.9 Å². The van der Waals surface area contributed by atoms with E-state index in [1.807, 2.05) is 0 Å². The van der Waals surface area contributed by atoms with Gasteiger partial charge in [-0.05, 0) is 13.0 Å². The number of carbonyl (C=O) groups excluding carboxylic acids is 1. The molecule has 1 aromatic heterocycles. The first-order valence-corrected chi connectivity index (χ1v) is 7.52. The topological polar surface area (TPSA) is 46.9 Å². The fraction of sp³-hybridized carbons (Fsp3) is 0.286. The lowest BCUT2D eigenvalue weighted by molar-refractivity contribution is -0.147. The van der Waals surface area contributed by atoms with Gasteiger partial charge in [-0.25, -0.2) is 13.8 Å². The highest BCUT2D eigenvalue weighted by Crippen LogP contribution is 2.30. The van der Waals surface area contributed by atoms with Crippen molar-refractivity contribution in [3.8, 4) is 0 Å². The number of carbonyl (C=O) groups is 1. The number of nitrogens with one attached hydrogen (secondary N) is 1. The van der Waals surface area contributed by atoms with Crippen molar-refractivity contribution >= 4 is 27.7 Å². The largest absolute Gasteiger partial charge is 0.449 e. The van der Waals surface area contributed by atoms with Crippen LogP contribution in [0.4, 0.5) is 27.8 Å². The molecule has 0 saturated carbocycles. The molecule has 2 aromatic rings. The molecule has 1 amide bonds. The lowest BCUT2D eigenvalue weighted by Gasteiger charge is -2.10. The van der Waals surface area contributed by atoms with Crippen LogP contribution in [0.1, 0.15) is 18.3 Å². The summed E-state index contributed by atoms with van der Waals surface area (Å²) in [5, 5.41) is 2.21. The molecule has 130 valence electrons. The Balaban J connectivity index is 2.36. The first-order chi connectivity index (χ1) is 11.1. The number of hydrogen-bond donors (Lipinski definition) is 1. The van der Waals surface area contributed by atoms with Crippen LogP contribution in [0.25, 0.3) is 0 Å². The van der Waals surface area contributed by atoms with Crippen LogP contribution in [-0.2, 0) is 17.5 Å². The number of rotatable bonds is 4. The fourth-order valence-electron chi connectivity index (χ4n) is 1.88. The molecule has 0 aliphatic carbocycles. The standard InChI is InChI=1S/C14H11BrF5N3O/c1-7(15)12(24)21-11-6-23(13(22-11)14(18,19)20)5-8-2-3-9(16)4-10(8)17/h2-4,6-7H,5H2,1H3,(H,21,24). The number of halogens is 6. The molecule has 0 radical (unpaired) electrons. The Bertz CT molecular complexity index is 757. The monoisotopic (exact) mass is 411 g/mol. The Kier molecular flexibility index (Phi) is 5.26. The van der Waals surface area contributed by atoms with Crippen molar-refractivity contribution in [2.75, 3.05) is 5.32 Å². The predicted molar refractivity (Wildman–Crippen MR) is 79.7 cm³/mol. The number of benzene rings is 1. The van der Waals surface area contributed by atoms with Gasteiger partial charge in [0.1, 0.15) is 11.6 Å². The van der Waals surface area contributed by atoms with Crippen molar-refractivity contribution in [2.24, 2.45) is 0 Å². The van der Waals surface area contributed by atoms with Gasteiger partial charge < -0.3 is 9.88 Å². The average Bonchev–Trinajstić information content (AvgIpc) is 2.84. The molecule has 1 unspecified atom stereocenters. The molecule has 0 spiro atoms. The minimum Gasteiger partial charge on any atom is -0.321 e. The van der Waals surface area contributed by atoms with Gasteiger partial charge in [0, 0.05) is 17.8 Å². The van der Waals surface area contributed by atoms with Crippen molar-refractivity contribution in [3.05, 3.63) is 47.4 Å². The first-order valence-electron chi connectivity index (χ1n) is 6.61. The predicted octanol–water partition coefficient (Wildman–Crippen LogP) is 3.95. The van der Waals surface area contributed by atoms with Crippen LogP contribution in [-0.4, -0.2) is 20.3 Å². The second-order valence-corrected chi connectivity index (χ2v) is 6.29. The lowest BCUT2D eigenvalue weighted by atomic mass is 10.2. The zero-order valence-electron chi connectivity index (χ0n) is 12.2. The molecule has 1 atom stereocenters. The maximum Gasteiger partial charge on any atom is 0.449 e. The Hall–Kier alpha value is -1.97. The van der Waals surface area contributed by atoms with E-state index >= 15 is 0 Å². The molecule has 1 heterocycles. The zero-order chi connectivity index (χ0) is 18.1. The maximum atomic E-state index is 13.7. The third kappa shape index (κ3) is 4.31. The number of imidazole rings is 1. The Morgan fingerprint density at radius 1 is 1.38 bits per heavy atom. The van der Waals surface area contributed by atoms with E-state index < -0.39 is 40.9 Å². The van der Waals surface area contributed by atoms with E-state index in [-0.39, 0.29) is 11.4 Å². The third-order valence-corrected chi connectivity index (χ3v) is 3.41. The van der Waals surface area contributed by atoms with E-state index in [0.29, 0.717) is 10.6 Å². The summed E-state index contributed by atoms with van der Waals surface area (Å²) in [6, 6.07) is 2.57. The molecule has 0 aliphatic heterocycles. The highest BCUT2D eigenvalue weighted by Gasteiger charge is 2.37. The Labute approximate surface area is 141 Å². The van der Waals surface area contributed by atoms with Gasteiger partial charge in [0.15, 0.2) is 5.82 Å². The molecule has 0 aliphatic rings. The third-order valence-electron chi connectivity index (χ3n) is 3.00. The summed E-state index contributed by atoms with van der Waals surface area (Å²) in [7, 11) is 0. The summed E-state index contributed by atoms with van der Waals surface area (Å²) in [4.78, 5) is 14.2. The summed E-state index contributed by atoms with van der Waals surface area (Å²) in [5.74, 6) is -4.01. The highest BCUT2D eigenvalue weighted by molar-refractivity contribution is 9.10. The summed E-state index contributed by atoms with van der Waals surface area (Å²) in [6.07, 6.45) is -3.86. The molecule has 1 N–H and O–H groups in total. The molecular formula is C14H11BrF5N3O. The van der Waals surface area contributed by atoms with E-state index in [1.165, 1.54) is 6.92 Å². The normalized spacial score (nSPS) is 13.0. The highest BCUT2D eigenvalue weighted by atomic mass is 79.9. The Morgan fingerprint density at radius 2 is 2.04 bits per heavy atom. The minimum atomic E-state index is -4.81. The van der Waals surface area contributed by atoms with E-state index in [9.17, 15) is 26.7 Å². The fourth-order valence-corrected chi connectivity index (χ4v) is 2.00. The quantitative estimate of drug-likeness (QED) is 0.611. The molecule has 0 saturated heterocycles. The van der Waals surface area contributed by atoms with Crippen molar-refractivity contribution < 1.29 is 26.7 Å². The molecule has 4 nitrogen and oxygen atoms in total. The molecule has 10 heteroatoms. The van der Waals surface area contributed by atoms with E-state index in [4.69, 9.17) is 0 Å². The van der Waals surface area contributed by atoms with Gasteiger partial charge in [-0.2, -0.15) is 13.2 Å². The van der Waals surface area contributed by atoms with Gasteiger partial charge in [-0.15, -0.1) is 0 Å². The maximum absolute atomic E-state index is 13.7. The van der Waals surface area contributed by atoms with Crippen LogP contribution < -0.4 is 5.32 Å². The smallest absolute Gasteiger partial charge is 0.321 e. The van der Waals surface area contributed by atoms with Crippen molar-refractivity contribution in [3.63, 3.8) is 0 Å². The number of aromatic nitrogens is 2. The second-order valence-electron chi connectivity index (χ2n) is 4.92. The van der Waals surface area contributed by atoms with Gasteiger partial charge in [0.25, 0.3) is 0 Å². The molecule has 1 aromatic carbocycles. The van der Waals surface area contributed by atoms with Gasteiger partial charge in [-0.1, -0.05) is 22.0 Å². The number of hydrogen-bond acceptors (Lipinski definition) is 2. The van der Waals surface area contributed by atoms with Gasteiger partial charge >= 0.3 is 6.18 Å². The summed E-state index contributed by atoms with van der Waals surface area (Å²) >= 11 is 2.98. The lowest BCUT2D eigenvalue weighted by Crippen LogP contribution is -2.20. The van der Waals surface area contributed by atoms with Crippen molar-refractivity contribution in [1.29, 1.82) is 0 Å². The second kappa shape index (κ2) is 6.88. The van der Waals surface area contributed by atoms with E-state index in [2.05, 4.69) is 26.2 Å². The van der Waals surface area contributed by atoms with Gasteiger partial charge in [-0.3, -0.25) is 4.79 Å². The summed E-state index contributed by atoms with van der Waals surface area (Å²) in [5.41, 5.74) is -0.147. The van der Waals surface area contributed by atoms with Crippen molar-refractivity contribution in [1.82, 2.24) is 9.55 Å². The molecule has 0 bridgehead atoms. The van der Waals surface area contributed by atoms with Crippen LogP contribution in [0.3, 0.4) is 0 Å². The number of nitrogens with zero attached hydrogens (tertiary/aromatic N) is 2.